The predicted molar refractivity (Wildman–Crippen MR) is 73.2 cm³/mol. The second-order valence-corrected chi connectivity index (χ2v) is 5.21. The fourth-order valence-electron chi connectivity index (χ4n) is 1.39. The van der Waals surface area contributed by atoms with Crippen molar-refractivity contribution in [3.05, 3.63) is 34.7 Å². The highest BCUT2D eigenvalue weighted by molar-refractivity contribution is 7.99. The Bertz CT molecular complexity index is 617. The quantitative estimate of drug-likeness (QED) is 0.820. The summed E-state index contributed by atoms with van der Waals surface area (Å²) in [5.41, 5.74) is 0.900. The largest absolute Gasteiger partial charge is 0.484 e. The van der Waals surface area contributed by atoms with E-state index >= 15 is 0 Å². The SMILES string of the molecule is Cc1cc(Cl)ccc1OCc1nnc(SCC(=O)O)o1. The van der Waals surface area contributed by atoms with Gasteiger partial charge in [-0.15, -0.1) is 10.2 Å². The topological polar surface area (TPSA) is 85.5 Å². The average Bonchev–Trinajstić information content (AvgIpc) is 2.83. The Labute approximate surface area is 124 Å². The first-order valence-electron chi connectivity index (χ1n) is 5.60. The third-order valence-corrected chi connectivity index (χ3v) is 3.29. The van der Waals surface area contributed by atoms with Crippen molar-refractivity contribution in [2.45, 2.75) is 18.8 Å². The third-order valence-electron chi connectivity index (χ3n) is 2.26. The number of hydrogen-bond donors (Lipinski definition) is 1. The summed E-state index contributed by atoms with van der Waals surface area (Å²) in [5, 5.41) is 16.9. The van der Waals surface area contributed by atoms with Crippen LogP contribution in [0.25, 0.3) is 0 Å². The van der Waals surface area contributed by atoms with Gasteiger partial charge in [0, 0.05) is 5.02 Å². The Morgan fingerprint density at radius 2 is 2.30 bits per heavy atom. The maximum atomic E-state index is 10.4. The van der Waals surface area contributed by atoms with Gasteiger partial charge in [-0.2, -0.15) is 0 Å². The van der Waals surface area contributed by atoms with Crippen LogP contribution in [0.15, 0.2) is 27.8 Å². The van der Waals surface area contributed by atoms with Crippen molar-refractivity contribution in [1.29, 1.82) is 0 Å². The zero-order chi connectivity index (χ0) is 14.5. The zero-order valence-electron chi connectivity index (χ0n) is 10.5. The minimum Gasteiger partial charge on any atom is -0.484 e. The van der Waals surface area contributed by atoms with E-state index in [0.717, 1.165) is 17.3 Å². The molecular weight excluding hydrogens is 304 g/mol. The molecule has 8 heteroatoms. The number of rotatable bonds is 6. The monoisotopic (exact) mass is 314 g/mol. The number of halogens is 1. The normalized spacial score (nSPS) is 10.5. The molecule has 2 rings (SSSR count). The molecule has 0 atom stereocenters. The second-order valence-electron chi connectivity index (χ2n) is 3.84. The van der Waals surface area contributed by atoms with Crippen LogP contribution in [0.1, 0.15) is 11.5 Å². The van der Waals surface area contributed by atoms with Crippen LogP contribution in [-0.4, -0.2) is 27.0 Å². The molecule has 1 heterocycles. The van der Waals surface area contributed by atoms with Gasteiger partial charge < -0.3 is 14.3 Å². The molecule has 106 valence electrons. The Morgan fingerprint density at radius 1 is 1.50 bits per heavy atom. The van der Waals surface area contributed by atoms with E-state index in [1.54, 1.807) is 18.2 Å². The summed E-state index contributed by atoms with van der Waals surface area (Å²) in [6.07, 6.45) is 0. The van der Waals surface area contributed by atoms with E-state index in [-0.39, 0.29) is 23.5 Å². The highest BCUT2D eigenvalue weighted by atomic mass is 35.5. The molecule has 0 radical (unpaired) electrons. The highest BCUT2D eigenvalue weighted by Gasteiger charge is 2.10. The number of ether oxygens (including phenoxy) is 1. The van der Waals surface area contributed by atoms with Gasteiger partial charge in [-0.25, -0.2) is 0 Å². The molecule has 1 aromatic heterocycles. The molecule has 0 spiro atoms. The van der Waals surface area contributed by atoms with Gasteiger partial charge in [0.05, 0.1) is 0 Å². The summed E-state index contributed by atoms with van der Waals surface area (Å²) in [7, 11) is 0. The van der Waals surface area contributed by atoms with Gasteiger partial charge in [0.25, 0.3) is 11.1 Å². The number of hydrogen-bond acceptors (Lipinski definition) is 6. The lowest BCUT2D eigenvalue weighted by Gasteiger charge is -2.06. The molecule has 0 saturated carbocycles. The number of carboxylic acid groups (broad SMARTS) is 1. The summed E-state index contributed by atoms with van der Waals surface area (Å²) in [6.45, 7) is 1.99. The molecule has 0 aliphatic rings. The molecular formula is C12H11ClN2O4S. The van der Waals surface area contributed by atoms with Crippen LogP contribution in [-0.2, 0) is 11.4 Å². The fraction of sp³-hybridized carbons (Fsp3) is 0.250. The number of aryl methyl sites for hydroxylation is 1. The van der Waals surface area contributed by atoms with E-state index in [2.05, 4.69) is 10.2 Å². The van der Waals surface area contributed by atoms with Crippen LogP contribution >= 0.6 is 23.4 Å². The first-order valence-corrected chi connectivity index (χ1v) is 6.97. The van der Waals surface area contributed by atoms with Gasteiger partial charge in [-0.1, -0.05) is 23.4 Å². The van der Waals surface area contributed by atoms with E-state index in [4.69, 9.17) is 25.9 Å². The molecule has 0 bridgehead atoms. The summed E-state index contributed by atoms with van der Waals surface area (Å²) < 4.78 is 10.8. The van der Waals surface area contributed by atoms with Gasteiger partial charge in [0.2, 0.25) is 0 Å². The van der Waals surface area contributed by atoms with Crippen molar-refractivity contribution < 1.29 is 19.1 Å². The molecule has 0 fully saturated rings. The Kier molecular flexibility index (Phi) is 4.86. The summed E-state index contributed by atoms with van der Waals surface area (Å²) in [6, 6.07) is 5.28. The van der Waals surface area contributed by atoms with Crippen molar-refractivity contribution in [1.82, 2.24) is 10.2 Å². The number of aliphatic carboxylic acids is 1. The summed E-state index contributed by atoms with van der Waals surface area (Å²) in [5.74, 6) is -0.110. The Morgan fingerprint density at radius 3 is 3.00 bits per heavy atom. The molecule has 2 aromatic rings. The third kappa shape index (κ3) is 4.14. The van der Waals surface area contributed by atoms with Gasteiger partial charge in [0.15, 0.2) is 6.61 Å². The van der Waals surface area contributed by atoms with Gasteiger partial charge in [-0.3, -0.25) is 4.79 Å². The van der Waals surface area contributed by atoms with Crippen LogP contribution in [0.3, 0.4) is 0 Å². The number of aromatic nitrogens is 2. The van der Waals surface area contributed by atoms with E-state index in [1.165, 1.54) is 0 Å². The second kappa shape index (κ2) is 6.62. The number of carboxylic acids is 1. The molecule has 6 nitrogen and oxygen atoms in total. The minimum atomic E-state index is -0.942. The predicted octanol–water partition coefficient (Wildman–Crippen LogP) is 2.79. The summed E-state index contributed by atoms with van der Waals surface area (Å²) in [4.78, 5) is 10.4. The van der Waals surface area contributed by atoms with Crippen molar-refractivity contribution in [2.75, 3.05) is 5.75 Å². The molecule has 1 aromatic carbocycles. The fourth-order valence-corrected chi connectivity index (χ4v) is 2.12. The van der Waals surface area contributed by atoms with Gasteiger partial charge >= 0.3 is 5.97 Å². The van der Waals surface area contributed by atoms with Crippen molar-refractivity contribution in [2.24, 2.45) is 0 Å². The molecule has 20 heavy (non-hydrogen) atoms. The van der Waals surface area contributed by atoms with Crippen LogP contribution in [0, 0.1) is 6.92 Å². The molecule has 0 aliphatic heterocycles. The molecule has 0 aliphatic carbocycles. The van der Waals surface area contributed by atoms with Crippen LogP contribution in [0.2, 0.25) is 5.02 Å². The van der Waals surface area contributed by atoms with Gasteiger partial charge in [0.1, 0.15) is 11.5 Å². The molecule has 0 amide bonds. The molecule has 0 saturated heterocycles. The summed E-state index contributed by atoms with van der Waals surface area (Å²) >= 11 is 6.81. The first kappa shape index (κ1) is 14.7. The molecule has 1 N–H and O–H groups in total. The zero-order valence-corrected chi connectivity index (χ0v) is 12.1. The number of benzene rings is 1. The van der Waals surface area contributed by atoms with Crippen LogP contribution in [0.4, 0.5) is 0 Å². The van der Waals surface area contributed by atoms with Gasteiger partial charge in [-0.05, 0) is 30.7 Å². The molecule has 0 unspecified atom stereocenters. The van der Waals surface area contributed by atoms with Crippen molar-refractivity contribution >= 4 is 29.3 Å². The lowest BCUT2D eigenvalue weighted by molar-refractivity contribution is -0.133. The van der Waals surface area contributed by atoms with Crippen LogP contribution < -0.4 is 4.74 Å². The minimum absolute atomic E-state index is 0.114. The number of carbonyl (C=O) groups is 1. The first-order chi connectivity index (χ1) is 9.54. The van der Waals surface area contributed by atoms with Crippen molar-refractivity contribution in [3.8, 4) is 5.75 Å². The standard InChI is InChI=1S/C12H11ClN2O4S/c1-7-4-8(13)2-3-9(7)18-5-10-14-15-12(19-10)20-6-11(16)17/h2-4H,5-6H2,1H3,(H,16,17). The van der Waals surface area contributed by atoms with Crippen LogP contribution in [0.5, 0.6) is 5.75 Å². The average molecular weight is 315 g/mol. The lowest BCUT2D eigenvalue weighted by atomic mass is 10.2. The van der Waals surface area contributed by atoms with E-state index in [1.807, 2.05) is 6.92 Å². The van der Waals surface area contributed by atoms with Crippen molar-refractivity contribution in [3.63, 3.8) is 0 Å². The van der Waals surface area contributed by atoms with E-state index < -0.39 is 5.97 Å². The number of thioether (sulfide) groups is 1. The Balaban J connectivity index is 1.92. The maximum absolute atomic E-state index is 10.4. The Hall–Kier alpha value is -1.73. The number of nitrogens with zero attached hydrogens (tertiary/aromatic N) is 2. The lowest BCUT2D eigenvalue weighted by Crippen LogP contribution is -1.97. The smallest absolute Gasteiger partial charge is 0.314 e. The van der Waals surface area contributed by atoms with E-state index in [0.29, 0.717) is 10.8 Å². The maximum Gasteiger partial charge on any atom is 0.314 e. The van der Waals surface area contributed by atoms with E-state index in [9.17, 15) is 4.79 Å². The highest BCUT2D eigenvalue weighted by Crippen LogP contribution is 2.23.